The molecule has 0 fully saturated rings. The molecule has 0 unspecified atom stereocenters. The van der Waals surface area contributed by atoms with Gasteiger partial charge in [-0.15, -0.1) is 0 Å². The third-order valence-corrected chi connectivity index (χ3v) is 3.19. The summed E-state index contributed by atoms with van der Waals surface area (Å²) in [6.45, 7) is 0.718. The Kier molecular flexibility index (Phi) is 4.17. The van der Waals surface area contributed by atoms with E-state index in [-0.39, 0.29) is 0 Å². The van der Waals surface area contributed by atoms with Crippen molar-refractivity contribution in [2.24, 2.45) is 0 Å². The van der Waals surface area contributed by atoms with Crippen LogP contribution in [0.1, 0.15) is 12.1 Å². The van der Waals surface area contributed by atoms with Crippen molar-refractivity contribution >= 4 is 11.8 Å². The van der Waals surface area contributed by atoms with Gasteiger partial charge in [-0.25, -0.2) is 4.98 Å². The van der Waals surface area contributed by atoms with Crippen molar-refractivity contribution in [1.29, 1.82) is 5.26 Å². The quantitative estimate of drug-likeness (QED) is 0.598. The van der Waals surface area contributed by atoms with Crippen LogP contribution in [0, 0.1) is 11.3 Å². The lowest BCUT2D eigenvalue weighted by Gasteiger charge is -2.05. The molecule has 0 aliphatic heterocycles. The van der Waals surface area contributed by atoms with Gasteiger partial charge in [-0.05, 0) is 12.1 Å². The second-order valence-electron chi connectivity index (χ2n) is 3.42. The number of nitrogens with zero attached hydrogens (tertiary/aromatic N) is 4. The number of imidazole rings is 1. The van der Waals surface area contributed by atoms with Gasteiger partial charge in [-0.1, -0.05) is 17.8 Å². The van der Waals surface area contributed by atoms with Crippen molar-refractivity contribution in [2.45, 2.75) is 18.1 Å². The molecule has 2 aromatic rings. The molecule has 0 aliphatic carbocycles. The molecule has 2 rings (SSSR count). The maximum Gasteiger partial charge on any atom is 0.168 e. The van der Waals surface area contributed by atoms with Crippen LogP contribution in [-0.2, 0) is 6.54 Å². The van der Waals surface area contributed by atoms with Gasteiger partial charge in [0, 0.05) is 30.8 Å². The standard InChI is InChI=1S/C12H12N4S/c13-5-3-9-17-12-15-7-8-16(12)10-11-4-1-2-6-14-11/h1-2,4,6-8H,3,9-10H2. The molecule has 4 nitrogen and oxygen atoms in total. The second-order valence-corrected chi connectivity index (χ2v) is 4.48. The summed E-state index contributed by atoms with van der Waals surface area (Å²) in [4.78, 5) is 8.55. The Bertz CT molecular complexity index is 501. The highest BCUT2D eigenvalue weighted by Gasteiger charge is 2.04. The van der Waals surface area contributed by atoms with Crippen LogP contribution < -0.4 is 0 Å². The highest BCUT2D eigenvalue weighted by Crippen LogP contribution is 2.17. The van der Waals surface area contributed by atoms with Gasteiger partial charge in [-0.2, -0.15) is 5.26 Å². The molecular weight excluding hydrogens is 232 g/mol. The van der Waals surface area contributed by atoms with E-state index in [1.54, 1.807) is 24.2 Å². The minimum absolute atomic E-state index is 0.543. The van der Waals surface area contributed by atoms with Crippen LogP contribution in [-0.4, -0.2) is 20.3 Å². The zero-order chi connectivity index (χ0) is 11.9. The summed E-state index contributed by atoms with van der Waals surface area (Å²) in [5, 5.41) is 9.43. The van der Waals surface area contributed by atoms with Crippen LogP contribution in [0.2, 0.25) is 0 Å². The topological polar surface area (TPSA) is 54.5 Å². The van der Waals surface area contributed by atoms with Gasteiger partial charge in [0.25, 0.3) is 0 Å². The van der Waals surface area contributed by atoms with Crippen LogP contribution in [0.25, 0.3) is 0 Å². The third kappa shape index (κ3) is 3.33. The van der Waals surface area contributed by atoms with Crippen LogP contribution in [0.5, 0.6) is 0 Å². The fourth-order valence-electron chi connectivity index (χ4n) is 1.41. The van der Waals surface area contributed by atoms with E-state index in [4.69, 9.17) is 5.26 Å². The van der Waals surface area contributed by atoms with E-state index >= 15 is 0 Å². The molecule has 2 aromatic heterocycles. The molecule has 0 aliphatic rings. The molecule has 2 heterocycles. The van der Waals surface area contributed by atoms with Crippen molar-refractivity contribution in [3.63, 3.8) is 0 Å². The van der Waals surface area contributed by atoms with Gasteiger partial charge in [0.05, 0.1) is 18.3 Å². The highest BCUT2D eigenvalue weighted by molar-refractivity contribution is 7.99. The number of pyridine rings is 1. The number of rotatable bonds is 5. The number of hydrogen-bond acceptors (Lipinski definition) is 4. The van der Waals surface area contributed by atoms with Crippen molar-refractivity contribution in [3.8, 4) is 6.07 Å². The Morgan fingerprint density at radius 3 is 3.00 bits per heavy atom. The lowest BCUT2D eigenvalue weighted by atomic mass is 10.3. The molecule has 5 heteroatoms. The number of aromatic nitrogens is 3. The summed E-state index contributed by atoms with van der Waals surface area (Å²) in [6.07, 6.45) is 6.04. The Balaban J connectivity index is 2.02. The average Bonchev–Trinajstić information content (AvgIpc) is 2.79. The zero-order valence-electron chi connectivity index (χ0n) is 9.28. The molecule has 0 saturated carbocycles. The van der Waals surface area contributed by atoms with Gasteiger partial charge >= 0.3 is 0 Å². The molecule has 0 atom stereocenters. The Labute approximate surface area is 104 Å². The molecule has 0 N–H and O–H groups in total. The molecule has 0 saturated heterocycles. The average molecular weight is 244 g/mol. The summed E-state index contributed by atoms with van der Waals surface area (Å²) in [5.74, 6) is 0.774. The minimum Gasteiger partial charge on any atom is -0.320 e. The van der Waals surface area contributed by atoms with E-state index in [9.17, 15) is 0 Å². The predicted molar refractivity (Wildman–Crippen MR) is 66.5 cm³/mol. The summed E-state index contributed by atoms with van der Waals surface area (Å²) < 4.78 is 2.05. The lowest BCUT2D eigenvalue weighted by molar-refractivity contribution is 0.693. The Morgan fingerprint density at radius 2 is 2.24 bits per heavy atom. The van der Waals surface area contributed by atoms with Crippen LogP contribution in [0.15, 0.2) is 41.9 Å². The van der Waals surface area contributed by atoms with Gasteiger partial charge in [0.2, 0.25) is 0 Å². The first kappa shape index (κ1) is 11.7. The van der Waals surface area contributed by atoms with Crippen LogP contribution in [0.3, 0.4) is 0 Å². The van der Waals surface area contributed by atoms with E-state index in [1.165, 1.54) is 0 Å². The van der Waals surface area contributed by atoms with Crippen LogP contribution in [0.4, 0.5) is 0 Å². The van der Waals surface area contributed by atoms with Crippen LogP contribution >= 0.6 is 11.8 Å². The SMILES string of the molecule is N#CCCSc1nccn1Cc1ccccn1. The largest absolute Gasteiger partial charge is 0.320 e. The van der Waals surface area contributed by atoms with E-state index in [2.05, 4.69) is 16.0 Å². The van der Waals surface area contributed by atoms with E-state index in [0.29, 0.717) is 6.42 Å². The number of nitriles is 1. The van der Waals surface area contributed by atoms with Crippen molar-refractivity contribution in [1.82, 2.24) is 14.5 Å². The number of hydrogen-bond donors (Lipinski definition) is 0. The van der Waals surface area contributed by atoms with E-state index < -0.39 is 0 Å². The molecule has 0 amide bonds. The molecule has 0 bridgehead atoms. The van der Waals surface area contributed by atoms with E-state index in [0.717, 1.165) is 23.1 Å². The number of thioether (sulfide) groups is 1. The first-order valence-electron chi connectivity index (χ1n) is 5.31. The van der Waals surface area contributed by atoms with E-state index in [1.807, 2.05) is 29.0 Å². The first-order valence-corrected chi connectivity index (χ1v) is 6.29. The molecular formula is C12H12N4S. The molecule has 86 valence electrons. The monoisotopic (exact) mass is 244 g/mol. The normalized spacial score (nSPS) is 10.1. The summed E-state index contributed by atoms with van der Waals surface area (Å²) in [6, 6.07) is 8.00. The molecule has 0 aromatic carbocycles. The fourth-order valence-corrected chi connectivity index (χ4v) is 2.21. The summed E-state index contributed by atoms with van der Waals surface area (Å²) >= 11 is 1.60. The second kappa shape index (κ2) is 6.06. The highest BCUT2D eigenvalue weighted by atomic mass is 32.2. The smallest absolute Gasteiger partial charge is 0.168 e. The van der Waals surface area contributed by atoms with Gasteiger partial charge in [0.1, 0.15) is 0 Å². The van der Waals surface area contributed by atoms with Gasteiger partial charge < -0.3 is 4.57 Å². The third-order valence-electron chi connectivity index (χ3n) is 2.18. The minimum atomic E-state index is 0.543. The first-order chi connectivity index (χ1) is 8.40. The molecule has 0 spiro atoms. The van der Waals surface area contributed by atoms with Crippen molar-refractivity contribution < 1.29 is 0 Å². The lowest BCUT2D eigenvalue weighted by Crippen LogP contribution is -2.02. The van der Waals surface area contributed by atoms with Crippen molar-refractivity contribution in [2.75, 3.05) is 5.75 Å². The molecule has 17 heavy (non-hydrogen) atoms. The van der Waals surface area contributed by atoms with Gasteiger partial charge in [0.15, 0.2) is 5.16 Å². The maximum absolute atomic E-state index is 8.50. The Hall–Kier alpha value is -1.80. The fraction of sp³-hybridized carbons (Fsp3) is 0.250. The maximum atomic E-state index is 8.50. The predicted octanol–water partition coefficient (Wildman–Crippen LogP) is 2.33. The van der Waals surface area contributed by atoms with Gasteiger partial charge in [-0.3, -0.25) is 4.98 Å². The Morgan fingerprint density at radius 1 is 1.29 bits per heavy atom. The van der Waals surface area contributed by atoms with Crippen molar-refractivity contribution in [3.05, 3.63) is 42.5 Å². The zero-order valence-corrected chi connectivity index (χ0v) is 10.1. The summed E-state index contributed by atoms with van der Waals surface area (Å²) in [7, 11) is 0. The molecule has 0 radical (unpaired) electrons. The summed E-state index contributed by atoms with van der Waals surface area (Å²) in [5.41, 5.74) is 1.01.